The van der Waals surface area contributed by atoms with Gasteiger partial charge in [-0.3, -0.25) is 0 Å². The number of halogens is 3. The Morgan fingerprint density at radius 1 is 1.36 bits per heavy atom. The number of imidazole rings is 1. The van der Waals surface area contributed by atoms with E-state index < -0.39 is 6.10 Å². The quantitative estimate of drug-likeness (QED) is 0.878. The molecule has 0 radical (unpaired) electrons. The first-order valence-electron chi connectivity index (χ1n) is 6.85. The lowest BCUT2D eigenvalue weighted by Gasteiger charge is -2.30. The van der Waals surface area contributed by atoms with Gasteiger partial charge in [0.15, 0.2) is 0 Å². The highest BCUT2D eigenvalue weighted by Gasteiger charge is 2.26. The Labute approximate surface area is 141 Å². The van der Waals surface area contributed by atoms with E-state index in [9.17, 15) is 9.50 Å². The summed E-state index contributed by atoms with van der Waals surface area (Å²) in [7, 11) is 0. The van der Waals surface area contributed by atoms with E-state index in [0.717, 1.165) is 18.5 Å². The fraction of sp³-hybridized carbons (Fsp3) is 0.400. The van der Waals surface area contributed by atoms with Crippen molar-refractivity contribution in [2.75, 3.05) is 13.1 Å². The van der Waals surface area contributed by atoms with Crippen LogP contribution in [0.1, 0.15) is 18.0 Å². The molecule has 122 valence electrons. The number of piperidine rings is 1. The Morgan fingerprint density at radius 2 is 2.14 bits per heavy atom. The van der Waals surface area contributed by atoms with Crippen LogP contribution < -0.4 is 5.32 Å². The van der Waals surface area contributed by atoms with E-state index >= 15 is 0 Å². The SMILES string of the molecule is Cc1ccc(-c2nccn2[C@H]2CCNC[C@@H]2O)cc1F.Cl.Cl. The zero-order valence-electron chi connectivity index (χ0n) is 12.2. The van der Waals surface area contributed by atoms with Gasteiger partial charge in [0, 0.05) is 24.5 Å². The van der Waals surface area contributed by atoms with Crippen molar-refractivity contribution in [3.05, 3.63) is 42.0 Å². The summed E-state index contributed by atoms with van der Waals surface area (Å²) in [5.74, 6) is 0.470. The van der Waals surface area contributed by atoms with Crippen LogP contribution in [0, 0.1) is 12.7 Å². The van der Waals surface area contributed by atoms with Crippen molar-refractivity contribution in [3.8, 4) is 11.4 Å². The van der Waals surface area contributed by atoms with Gasteiger partial charge in [-0.15, -0.1) is 24.8 Å². The van der Waals surface area contributed by atoms with Gasteiger partial charge in [0.05, 0.1) is 12.1 Å². The maximum atomic E-state index is 13.7. The summed E-state index contributed by atoms with van der Waals surface area (Å²) in [6, 6.07) is 5.10. The molecule has 0 saturated carbocycles. The van der Waals surface area contributed by atoms with Crippen LogP contribution in [0.3, 0.4) is 0 Å². The van der Waals surface area contributed by atoms with Gasteiger partial charge in [-0.2, -0.15) is 0 Å². The third-order valence-electron chi connectivity index (χ3n) is 3.87. The molecule has 22 heavy (non-hydrogen) atoms. The van der Waals surface area contributed by atoms with Crippen LogP contribution in [0.15, 0.2) is 30.6 Å². The van der Waals surface area contributed by atoms with E-state index in [-0.39, 0.29) is 36.7 Å². The molecule has 1 aliphatic rings. The molecule has 1 aromatic carbocycles. The highest BCUT2D eigenvalue weighted by Crippen LogP contribution is 2.27. The smallest absolute Gasteiger partial charge is 0.140 e. The number of hydrogen-bond donors (Lipinski definition) is 2. The summed E-state index contributed by atoms with van der Waals surface area (Å²) in [6.07, 6.45) is 3.93. The Morgan fingerprint density at radius 3 is 2.82 bits per heavy atom. The average molecular weight is 348 g/mol. The molecule has 0 aliphatic carbocycles. The predicted octanol–water partition coefficient (Wildman–Crippen LogP) is 2.74. The number of rotatable bonds is 2. The highest BCUT2D eigenvalue weighted by molar-refractivity contribution is 5.85. The molecule has 0 amide bonds. The van der Waals surface area contributed by atoms with E-state index in [4.69, 9.17) is 0 Å². The van der Waals surface area contributed by atoms with Gasteiger partial charge in [-0.25, -0.2) is 9.37 Å². The third-order valence-corrected chi connectivity index (χ3v) is 3.87. The summed E-state index contributed by atoms with van der Waals surface area (Å²) in [5, 5.41) is 13.3. The molecule has 2 atom stereocenters. The molecule has 0 spiro atoms. The van der Waals surface area contributed by atoms with E-state index in [1.54, 1.807) is 19.2 Å². The van der Waals surface area contributed by atoms with Crippen LogP contribution in [0.5, 0.6) is 0 Å². The van der Waals surface area contributed by atoms with E-state index in [1.165, 1.54) is 6.07 Å². The van der Waals surface area contributed by atoms with Crippen molar-refractivity contribution < 1.29 is 9.50 Å². The van der Waals surface area contributed by atoms with Crippen LogP contribution >= 0.6 is 24.8 Å². The third kappa shape index (κ3) is 3.60. The standard InChI is InChI=1S/C15H18FN3O.2ClH/c1-10-2-3-11(8-12(10)16)15-18-6-7-19(15)13-4-5-17-9-14(13)20;;/h2-3,6-8,13-14,17,20H,4-5,9H2,1H3;2*1H/t13-,14-;;/m0../s1. The predicted molar refractivity (Wildman–Crippen MR) is 89.4 cm³/mol. The molecule has 2 aromatic rings. The number of aliphatic hydroxyl groups is 1. The van der Waals surface area contributed by atoms with Gasteiger partial charge >= 0.3 is 0 Å². The van der Waals surface area contributed by atoms with Gasteiger partial charge in [0.2, 0.25) is 0 Å². The highest BCUT2D eigenvalue weighted by atomic mass is 35.5. The Bertz CT molecular complexity index is 621. The van der Waals surface area contributed by atoms with Crippen molar-refractivity contribution in [1.82, 2.24) is 14.9 Å². The van der Waals surface area contributed by atoms with Crippen LogP contribution in [0.4, 0.5) is 4.39 Å². The Balaban J connectivity index is 0.00000121. The average Bonchev–Trinajstić information content (AvgIpc) is 2.91. The lowest BCUT2D eigenvalue weighted by Crippen LogP contribution is -2.41. The maximum absolute atomic E-state index is 13.7. The molecule has 1 aromatic heterocycles. The first-order chi connectivity index (χ1) is 9.66. The van der Waals surface area contributed by atoms with E-state index in [0.29, 0.717) is 17.9 Å². The maximum Gasteiger partial charge on any atom is 0.140 e. The molecule has 2 heterocycles. The fourth-order valence-electron chi connectivity index (χ4n) is 2.69. The van der Waals surface area contributed by atoms with Crippen molar-refractivity contribution >= 4 is 24.8 Å². The first kappa shape index (κ1) is 18.9. The molecular weight excluding hydrogens is 328 g/mol. The minimum atomic E-state index is -0.452. The van der Waals surface area contributed by atoms with Crippen LogP contribution in [-0.4, -0.2) is 33.9 Å². The molecule has 7 heteroatoms. The fourth-order valence-corrected chi connectivity index (χ4v) is 2.69. The van der Waals surface area contributed by atoms with Gasteiger partial charge < -0.3 is 15.0 Å². The summed E-state index contributed by atoms with van der Waals surface area (Å²) >= 11 is 0. The topological polar surface area (TPSA) is 50.1 Å². The van der Waals surface area contributed by atoms with Crippen LogP contribution in [0.25, 0.3) is 11.4 Å². The van der Waals surface area contributed by atoms with E-state index in [2.05, 4.69) is 10.3 Å². The molecule has 4 nitrogen and oxygen atoms in total. The van der Waals surface area contributed by atoms with Crippen molar-refractivity contribution in [2.45, 2.75) is 25.5 Å². The van der Waals surface area contributed by atoms with Gasteiger partial charge in [0.1, 0.15) is 11.6 Å². The normalized spacial score (nSPS) is 20.9. The molecule has 2 N–H and O–H groups in total. The molecule has 1 fully saturated rings. The second-order valence-electron chi connectivity index (χ2n) is 5.25. The number of nitrogens with one attached hydrogen (secondary N) is 1. The van der Waals surface area contributed by atoms with Crippen molar-refractivity contribution in [2.24, 2.45) is 0 Å². The minimum Gasteiger partial charge on any atom is -0.390 e. The number of nitrogens with zero attached hydrogens (tertiary/aromatic N) is 2. The Hall–Kier alpha value is -1.14. The summed E-state index contributed by atoms with van der Waals surface area (Å²) in [4.78, 5) is 4.33. The largest absolute Gasteiger partial charge is 0.390 e. The number of β-amino-alcohol motifs (C(OH)–C–C–N with tert-alkyl or cyclic N) is 1. The molecule has 0 unspecified atom stereocenters. The monoisotopic (exact) mass is 347 g/mol. The summed E-state index contributed by atoms with van der Waals surface area (Å²) < 4.78 is 15.7. The van der Waals surface area contributed by atoms with Crippen molar-refractivity contribution in [3.63, 3.8) is 0 Å². The van der Waals surface area contributed by atoms with Gasteiger partial charge in [-0.05, 0) is 31.5 Å². The molecule has 0 bridgehead atoms. The van der Waals surface area contributed by atoms with E-state index in [1.807, 2.05) is 16.8 Å². The zero-order valence-corrected chi connectivity index (χ0v) is 13.8. The Kier molecular flexibility index (Phi) is 6.81. The second-order valence-corrected chi connectivity index (χ2v) is 5.25. The number of aryl methyl sites for hydroxylation is 1. The summed E-state index contributed by atoms with van der Waals surface area (Å²) in [5.41, 5.74) is 1.36. The van der Waals surface area contributed by atoms with Gasteiger partial charge in [-0.1, -0.05) is 12.1 Å². The lowest BCUT2D eigenvalue weighted by atomic mass is 10.0. The zero-order chi connectivity index (χ0) is 14.1. The van der Waals surface area contributed by atoms with Gasteiger partial charge in [0.25, 0.3) is 0 Å². The van der Waals surface area contributed by atoms with Crippen LogP contribution in [0.2, 0.25) is 0 Å². The molecule has 1 aliphatic heterocycles. The lowest BCUT2D eigenvalue weighted by molar-refractivity contribution is 0.0880. The number of aliphatic hydroxyl groups excluding tert-OH is 1. The van der Waals surface area contributed by atoms with Crippen molar-refractivity contribution in [1.29, 1.82) is 0 Å². The number of benzene rings is 1. The molecular formula is C15H20Cl2FN3O. The summed E-state index contributed by atoms with van der Waals surface area (Å²) in [6.45, 7) is 3.17. The second kappa shape index (κ2) is 7.92. The minimum absolute atomic E-state index is 0. The number of aromatic nitrogens is 2. The number of hydrogen-bond acceptors (Lipinski definition) is 3. The molecule has 3 rings (SSSR count). The first-order valence-corrected chi connectivity index (χ1v) is 6.85. The van der Waals surface area contributed by atoms with Crippen LogP contribution in [-0.2, 0) is 0 Å². The molecule has 1 saturated heterocycles.